The molecule has 0 atom stereocenters. The van der Waals surface area contributed by atoms with Gasteiger partial charge in [0.2, 0.25) is 0 Å². The molecule has 1 radical (unpaired) electrons. The van der Waals surface area contributed by atoms with Gasteiger partial charge in [0, 0.05) is 17.1 Å². The van der Waals surface area contributed by atoms with Crippen LogP contribution in [-0.2, 0) is 92.8 Å². The van der Waals surface area contributed by atoms with Gasteiger partial charge >= 0.3 is 0 Å². The predicted molar refractivity (Wildman–Crippen MR) is 77.9 cm³/mol. The van der Waals surface area contributed by atoms with Crippen molar-refractivity contribution in [1.29, 1.82) is 31.6 Å². The van der Waals surface area contributed by atoms with Gasteiger partial charge in [0.25, 0.3) is 0 Å². The van der Waals surface area contributed by atoms with Gasteiger partial charge in [0.05, 0.1) is 0 Å². The Labute approximate surface area is 155 Å². The molecule has 0 aromatic heterocycles. The molecule has 0 aliphatic rings. The summed E-state index contributed by atoms with van der Waals surface area (Å²) in [5.41, 5.74) is 0. The molecule has 19 heavy (non-hydrogen) atoms. The monoisotopic (exact) mass is 403 g/mol. The van der Waals surface area contributed by atoms with Gasteiger partial charge in [0.1, 0.15) is 0 Å². The second kappa shape index (κ2) is 183. The molecule has 0 saturated carbocycles. The topological polar surface area (TPSA) is 143 Å². The fourth-order valence-corrected chi connectivity index (χ4v) is 0. The van der Waals surface area contributed by atoms with E-state index in [1.807, 2.05) is 0 Å². The summed E-state index contributed by atoms with van der Waals surface area (Å²) in [5.74, 6) is 0. The first kappa shape index (κ1) is 43.1. The molecule has 0 unspecified atom stereocenters. The van der Waals surface area contributed by atoms with Crippen molar-refractivity contribution in [3.8, 4) is 32.4 Å². The number of hydrogen-bond donors (Lipinski definition) is 0. The molecule has 0 heterocycles. The van der Waals surface area contributed by atoms with E-state index in [1.54, 1.807) is 0 Å². The first-order valence-electron chi connectivity index (χ1n) is 2.57. The van der Waals surface area contributed by atoms with E-state index in [9.17, 15) is 0 Å². The van der Waals surface area contributed by atoms with Crippen LogP contribution in [0.15, 0.2) is 0 Å². The first-order valence-corrected chi connectivity index (χ1v) is 5.02. The Morgan fingerprint density at radius 2 is 0.368 bits per heavy atom. The summed E-state index contributed by atoms with van der Waals surface area (Å²) in [5, 5.41) is 50.8. The van der Waals surface area contributed by atoms with Gasteiger partial charge in [-0.05, 0) is 0 Å². The SMILES string of the molecule is N#C[S-].N#C[S-].N#C[S-].N#C[S-].N#C[S-].N#C[S-].[Mn]. The third-order valence-electron chi connectivity index (χ3n) is 0. The third kappa shape index (κ3) is 2460. The standard InChI is InChI=1S/6CHNS.Mn/c6*2-1-3;/h6*3H;/p-6. The number of thiocyanates is 6. The molecule has 0 saturated heterocycles. The Hall–Kier alpha value is -1.22. The van der Waals surface area contributed by atoms with Crippen LogP contribution >= 0.6 is 0 Å². The van der Waals surface area contributed by atoms with Crippen LogP contribution < -0.4 is 0 Å². The molecule has 0 fully saturated rings. The van der Waals surface area contributed by atoms with E-state index >= 15 is 0 Å². The van der Waals surface area contributed by atoms with Crippen molar-refractivity contribution in [3.63, 3.8) is 0 Å². The molecule has 0 aromatic rings. The van der Waals surface area contributed by atoms with Crippen molar-refractivity contribution in [2.24, 2.45) is 0 Å². The Balaban J connectivity index is -0.0000000180. The minimum Gasteiger partial charge on any atom is -0.696 e. The fraction of sp³-hybridized carbons (Fsp3) is 0. The van der Waals surface area contributed by atoms with Crippen LogP contribution in [0.3, 0.4) is 0 Å². The molecule has 0 amide bonds. The van der Waals surface area contributed by atoms with Crippen LogP contribution in [0, 0.1) is 64.0 Å². The summed E-state index contributed by atoms with van der Waals surface area (Å²) >= 11 is 22.2. The van der Waals surface area contributed by atoms with Crippen molar-refractivity contribution in [1.82, 2.24) is 0 Å². The van der Waals surface area contributed by atoms with Gasteiger partial charge in [-0.1, -0.05) is 32.4 Å². The minimum atomic E-state index is 0. The van der Waals surface area contributed by atoms with Crippen molar-refractivity contribution < 1.29 is 17.1 Å². The second-order valence-electron chi connectivity index (χ2n) is 0.548. The van der Waals surface area contributed by atoms with Gasteiger partial charge < -0.3 is 75.8 Å². The molecule has 0 N–H and O–H groups in total. The molecule has 0 bridgehead atoms. The molecule has 0 aliphatic carbocycles. The number of hydrogen-bond acceptors (Lipinski definition) is 12. The van der Waals surface area contributed by atoms with E-state index in [1.165, 1.54) is 32.4 Å². The van der Waals surface area contributed by atoms with Crippen molar-refractivity contribution in [3.05, 3.63) is 0 Å². The average molecular weight is 403 g/mol. The molecule has 0 aliphatic heterocycles. The van der Waals surface area contributed by atoms with Crippen LogP contribution in [0.5, 0.6) is 0 Å². The molecule has 6 nitrogen and oxygen atoms in total. The summed E-state index contributed by atoms with van der Waals surface area (Å²) in [6.45, 7) is 0. The van der Waals surface area contributed by atoms with Crippen LogP contribution in [0.2, 0.25) is 0 Å². The van der Waals surface area contributed by atoms with Gasteiger partial charge in [-0.2, -0.15) is 0 Å². The van der Waals surface area contributed by atoms with Crippen molar-refractivity contribution in [2.45, 2.75) is 0 Å². The molecule has 13 heteroatoms. The van der Waals surface area contributed by atoms with E-state index < -0.39 is 0 Å². The zero-order valence-corrected chi connectivity index (χ0v) is 14.6. The number of nitriles is 6. The summed E-state index contributed by atoms with van der Waals surface area (Å²) in [4.78, 5) is 0. The Bertz CT molecular complexity index is 256. The van der Waals surface area contributed by atoms with Gasteiger partial charge in [-0.15, -0.1) is 0 Å². The summed E-state index contributed by atoms with van der Waals surface area (Å²) in [7, 11) is 0. The van der Waals surface area contributed by atoms with Crippen molar-refractivity contribution >= 4 is 75.8 Å². The van der Waals surface area contributed by atoms with E-state index in [4.69, 9.17) is 31.6 Å². The maximum absolute atomic E-state index is 7.13. The minimum absolute atomic E-state index is 0. The van der Waals surface area contributed by atoms with Crippen LogP contribution in [0.4, 0.5) is 0 Å². The quantitative estimate of drug-likeness (QED) is 0.307. The Morgan fingerprint density at radius 1 is 0.368 bits per heavy atom. The summed E-state index contributed by atoms with van der Waals surface area (Å²) in [6.07, 6.45) is 0. The van der Waals surface area contributed by atoms with E-state index in [0.717, 1.165) is 0 Å². The van der Waals surface area contributed by atoms with Gasteiger partial charge in [-0.3, -0.25) is 0 Å². The van der Waals surface area contributed by atoms with E-state index in [-0.39, 0.29) is 17.1 Å². The maximum atomic E-state index is 7.13. The van der Waals surface area contributed by atoms with Crippen molar-refractivity contribution in [2.75, 3.05) is 0 Å². The largest absolute Gasteiger partial charge is 0.696 e. The molecule has 0 aromatic carbocycles. The summed E-state index contributed by atoms with van der Waals surface area (Å²) < 4.78 is 0. The molecule has 103 valence electrons. The zero-order valence-electron chi connectivity index (χ0n) is 8.51. The fourth-order valence-electron chi connectivity index (χ4n) is 0. The van der Waals surface area contributed by atoms with Crippen LogP contribution in [-0.4, -0.2) is 0 Å². The Kier molecular flexibility index (Phi) is 415. The van der Waals surface area contributed by atoms with E-state index in [2.05, 4.69) is 75.8 Å². The zero-order chi connectivity index (χ0) is 16.2. The van der Waals surface area contributed by atoms with E-state index in [0.29, 0.717) is 0 Å². The summed E-state index contributed by atoms with van der Waals surface area (Å²) in [6, 6.07) is 0. The molecular formula is C6MnN6S6-6. The Morgan fingerprint density at radius 3 is 0.368 bits per heavy atom. The predicted octanol–water partition coefficient (Wildman–Crippen LogP) is 0.0838. The van der Waals surface area contributed by atoms with Gasteiger partial charge in [-0.25, -0.2) is 31.6 Å². The smallest absolute Gasteiger partial charge is 0 e. The molecule has 0 spiro atoms. The average Bonchev–Trinajstić information content (AvgIpc) is 2.23. The second-order valence-corrected chi connectivity index (χ2v) is 1.64. The number of rotatable bonds is 0. The molecule has 0 rings (SSSR count). The first-order chi connectivity index (χ1) is 8.49. The van der Waals surface area contributed by atoms with Crippen LogP contribution in [0.25, 0.3) is 0 Å². The van der Waals surface area contributed by atoms with Gasteiger partial charge in [0.15, 0.2) is 0 Å². The number of nitrogens with zero attached hydrogens (tertiary/aromatic N) is 6. The molecular weight excluding hydrogens is 403 g/mol. The van der Waals surface area contributed by atoms with Crippen LogP contribution in [0.1, 0.15) is 0 Å². The normalized spacial score (nSPS) is 2.21. The third-order valence-corrected chi connectivity index (χ3v) is 0. The maximum Gasteiger partial charge on any atom is 0 e.